The molecule has 12 heteroatoms. The van der Waals surface area contributed by atoms with Crippen molar-refractivity contribution in [2.24, 2.45) is 10.8 Å². The number of rotatable bonds is 6. The molecule has 0 spiro atoms. The Labute approximate surface area is 211 Å². The molecule has 0 unspecified atom stereocenters. The fraction of sp³-hybridized carbons (Fsp3) is 0.520. The van der Waals surface area contributed by atoms with E-state index in [1.165, 1.54) is 6.07 Å². The smallest absolute Gasteiger partial charge is 0.399 e. The van der Waals surface area contributed by atoms with Gasteiger partial charge in [-0.05, 0) is 62.3 Å². The first-order chi connectivity index (χ1) is 17.4. The van der Waals surface area contributed by atoms with Crippen LogP contribution in [0.2, 0.25) is 0 Å². The Hall–Kier alpha value is -3.41. The Balaban J connectivity index is 1.30. The number of anilines is 2. The van der Waals surface area contributed by atoms with Crippen LogP contribution in [0.3, 0.4) is 0 Å². The van der Waals surface area contributed by atoms with E-state index >= 15 is 0 Å². The molecule has 196 valence electrons. The van der Waals surface area contributed by atoms with Gasteiger partial charge in [0.25, 0.3) is 5.78 Å². The van der Waals surface area contributed by atoms with Crippen LogP contribution in [0.15, 0.2) is 18.2 Å². The molecule has 3 saturated carbocycles. The van der Waals surface area contributed by atoms with E-state index in [1.54, 1.807) is 14.0 Å². The molecule has 2 aromatic heterocycles. The van der Waals surface area contributed by atoms with Crippen LogP contribution in [0.5, 0.6) is 0 Å². The van der Waals surface area contributed by atoms with Crippen molar-refractivity contribution >= 4 is 23.2 Å². The number of aryl methyl sites for hydroxylation is 1. The number of carbonyl (C=O) groups excluding carboxylic acids is 1. The van der Waals surface area contributed by atoms with E-state index in [0.717, 1.165) is 42.7 Å². The second kappa shape index (κ2) is 7.80. The zero-order valence-electron chi connectivity index (χ0n) is 20.8. The fourth-order valence-corrected chi connectivity index (χ4v) is 6.60. The fourth-order valence-electron chi connectivity index (χ4n) is 6.60. The summed E-state index contributed by atoms with van der Waals surface area (Å²) in [5, 5.41) is 11.6. The van der Waals surface area contributed by atoms with Crippen LogP contribution in [-0.4, -0.2) is 44.1 Å². The predicted octanol–water partition coefficient (Wildman–Crippen LogP) is 3.87. The van der Waals surface area contributed by atoms with Crippen LogP contribution < -0.4 is 11.1 Å². The number of carbonyl (C=O) groups is 1. The van der Waals surface area contributed by atoms with E-state index in [-0.39, 0.29) is 22.4 Å². The number of nitrogens with one attached hydrogen (secondary N) is 1. The molecule has 3 heterocycles. The number of nitrogens with two attached hydrogens (primary N) is 1. The molecule has 3 aromatic rings. The normalized spacial score (nSPS) is 25.0. The highest BCUT2D eigenvalue weighted by Crippen LogP contribution is 2.74. The zero-order chi connectivity index (χ0) is 26.3. The van der Waals surface area contributed by atoms with Gasteiger partial charge in [0.2, 0.25) is 5.91 Å². The van der Waals surface area contributed by atoms with Gasteiger partial charge in [-0.25, -0.2) is 0 Å². The number of amides is 1. The second-order valence-electron chi connectivity index (χ2n) is 10.9. The average molecular weight is 516 g/mol. The number of benzene rings is 1. The number of hydrogen-bond acceptors (Lipinski definition) is 7. The summed E-state index contributed by atoms with van der Waals surface area (Å²) in [6, 6.07) is 2.98. The zero-order valence-corrected chi connectivity index (χ0v) is 20.8. The van der Waals surface area contributed by atoms with Gasteiger partial charge in [0.05, 0.1) is 42.4 Å². The summed E-state index contributed by atoms with van der Waals surface area (Å²) in [7, 11) is 1.69. The Morgan fingerprint density at radius 3 is 2.62 bits per heavy atom. The number of hydrogen-bond donors (Lipinski definition) is 2. The van der Waals surface area contributed by atoms with Gasteiger partial charge in [0, 0.05) is 18.4 Å². The van der Waals surface area contributed by atoms with E-state index in [2.05, 4.69) is 20.5 Å². The van der Waals surface area contributed by atoms with Crippen LogP contribution in [0, 0.1) is 17.8 Å². The van der Waals surface area contributed by atoms with Gasteiger partial charge < -0.3 is 20.7 Å². The van der Waals surface area contributed by atoms with Crippen LogP contribution in [0.4, 0.5) is 24.7 Å². The molecule has 3 aliphatic carbocycles. The molecule has 37 heavy (non-hydrogen) atoms. The topological polar surface area (TPSA) is 111 Å². The number of fused-ring (bicyclic) bond motifs is 3. The summed E-state index contributed by atoms with van der Waals surface area (Å²) in [6.45, 7) is 5.00. The first kappa shape index (κ1) is 24.0. The Morgan fingerprint density at radius 1 is 1.22 bits per heavy atom. The molecule has 3 fully saturated rings. The second-order valence-corrected chi connectivity index (χ2v) is 10.9. The summed E-state index contributed by atoms with van der Waals surface area (Å²) in [5.74, 6) is 1.63. The van der Waals surface area contributed by atoms with Gasteiger partial charge in [0.1, 0.15) is 11.6 Å². The largest absolute Gasteiger partial charge is 0.416 e. The van der Waals surface area contributed by atoms with Crippen molar-refractivity contribution in [2.75, 3.05) is 24.8 Å². The Kier molecular flexibility index (Phi) is 5.05. The third-order valence-corrected chi connectivity index (χ3v) is 8.10. The minimum Gasteiger partial charge on any atom is -0.399 e. The molecule has 0 radical (unpaired) electrons. The predicted molar refractivity (Wildman–Crippen MR) is 128 cm³/mol. The van der Waals surface area contributed by atoms with Crippen LogP contribution in [0.1, 0.15) is 60.4 Å². The van der Waals surface area contributed by atoms with Crippen molar-refractivity contribution < 1.29 is 22.7 Å². The van der Waals surface area contributed by atoms with Gasteiger partial charge in [0.15, 0.2) is 0 Å². The van der Waals surface area contributed by atoms with Gasteiger partial charge in [-0.3, -0.25) is 9.20 Å². The standard InChI is InChI=1S/C25H28F3N7O2/c1-13(15-4-16(25(26,27)28)6-17(29)5-15)30-20-18-7-34(8-19(18)35-14(2)32-33-22(35)31-20)21(36)24-9-23(10-24,11-24)12-37-3/h4-6,13H,7-12,29H2,1-3H3,(H,30,31,33)/t13-,23?,24?/m1/s1. The number of halogens is 3. The number of nitrogen functional groups attached to an aromatic ring is 1. The number of ether oxygens (including phenoxy) is 1. The van der Waals surface area contributed by atoms with E-state index in [4.69, 9.17) is 10.5 Å². The van der Waals surface area contributed by atoms with Crippen LogP contribution >= 0.6 is 0 Å². The lowest BCUT2D eigenvalue weighted by atomic mass is 9.35. The molecule has 3 N–H and O–H groups in total. The molecular weight excluding hydrogens is 487 g/mol. The highest BCUT2D eigenvalue weighted by Gasteiger charge is 2.72. The first-order valence-corrected chi connectivity index (χ1v) is 12.2. The lowest BCUT2D eigenvalue weighted by Gasteiger charge is -2.69. The van der Waals surface area contributed by atoms with E-state index in [0.29, 0.717) is 42.7 Å². The molecule has 1 amide bonds. The van der Waals surface area contributed by atoms with Gasteiger partial charge in [-0.15, -0.1) is 10.2 Å². The number of nitrogens with zero attached hydrogens (tertiary/aromatic N) is 5. The van der Waals surface area contributed by atoms with Crippen molar-refractivity contribution in [3.8, 4) is 0 Å². The minimum atomic E-state index is -4.51. The molecule has 1 aromatic carbocycles. The van der Waals surface area contributed by atoms with Crippen LogP contribution in [0.25, 0.3) is 5.78 Å². The van der Waals surface area contributed by atoms with Gasteiger partial charge >= 0.3 is 6.18 Å². The summed E-state index contributed by atoms with van der Waals surface area (Å²) in [4.78, 5) is 20.0. The third kappa shape index (κ3) is 3.64. The summed E-state index contributed by atoms with van der Waals surface area (Å²) in [6.07, 6.45) is -1.97. The molecular formula is C25H28F3N7O2. The molecule has 0 saturated heterocycles. The maximum absolute atomic E-state index is 13.6. The Bertz CT molecular complexity index is 1410. The molecule has 2 bridgehead atoms. The number of alkyl halides is 3. The lowest BCUT2D eigenvalue weighted by molar-refractivity contribution is -0.231. The molecule has 1 atom stereocenters. The van der Waals surface area contributed by atoms with Gasteiger partial charge in [-0.2, -0.15) is 18.2 Å². The van der Waals surface area contributed by atoms with Gasteiger partial charge in [-0.1, -0.05) is 0 Å². The summed E-state index contributed by atoms with van der Waals surface area (Å²) >= 11 is 0. The molecule has 4 aliphatic rings. The quantitative estimate of drug-likeness (QED) is 0.480. The third-order valence-electron chi connectivity index (χ3n) is 8.10. The SMILES string of the molecule is COCC12CC(C(=O)N3Cc4c(N[C@H](C)c5cc(N)cc(C(F)(F)F)c5)nc5nnc(C)n5c4C3)(C1)C2. The van der Waals surface area contributed by atoms with Crippen molar-refractivity contribution in [1.82, 2.24) is 24.5 Å². The average Bonchev–Trinajstić information content (AvgIpc) is 3.37. The monoisotopic (exact) mass is 515 g/mol. The van der Waals surface area contributed by atoms with Crippen molar-refractivity contribution in [3.05, 3.63) is 46.4 Å². The van der Waals surface area contributed by atoms with Crippen molar-refractivity contribution in [1.29, 1.82) is 0 Å². The minimum absolute atomic E-state index is 0.0294. The first-order valence-electron chi connectivity index (χ1n) is 12.2. The van der Waals surface area contributed by atoms with Crippen molar-refractivity contribution in [2.45, 2.75) is 58.4 Å². The van der Waals surface area contributed by atoms with Crippen LogP contribution in [-0.2, 0) is 28.8 Å². The number of methoxy groups -OCH3 is 1. The molecule has 9 nitrogen and oxygen atoms in total. The summed E-state index contributed by atoms with van der Waals surface area (Å²) < 4.78 is 47.3. The maximum Gasteiger partial charge on any atom is 0.416 e. The van der Waals surface area contributed by atoms with Crippen molar-refractivity contribution in [3.63, 3.8) is 0 Å². The maximum atomic E-state index is 13.6. The van der Waals surface area contributed by atoms with E-state index in [9.17, 15) is 18.0 Å². The molecule has 1 aliphatic heterocycles. The number of aromatic nitrogens is 4. The Morgan fingerprint density at radius 2 is 1.95 bits per heavy atom. The lowest BCUT2D eigenvalue weighted by Crippen LogP contribution is -2.69. The van der Waals surface area contributed by atoms with E-state index < -0.39 is 17.8 Å². The highest BCUT2D eigenvalue weighted by atomic mass is 19.4. The summed E-state index contributed by atoms with van der Waals surface area (Å²) in [5.41, 5.74) is 6.89. The molecule has 7 rings (SSSR count). The van der Waals surface area contributed by atoms with E-state index in [1.807, 2.05) is 16.2 Å². The highest BCUT2D eigenvalue weighted by molar-refractivity contribution is 5.87.